The molecule has 2 N–H and O–H groups in total. The van der Waals surface area contributed by atoms with Crippen LogP contribution in [0, 0.1) is 5.92 Å². The zero-order valence-corrected chi connectivity index (χ0v) is 12.1. The van der Waals surface area contributed by atoms with E-state index in [0.29, 0.717) is 11.6 Å². The van der Waals surface area contributed by atoms with Gasteiger partial charge in [0.25, 0.3) is 0 Å². The van der Waals surface area contributed by atoms with Gasteiger partial charge in [0.2, 0.25) is 0 Å². The molecule has 0 bridgehead atoms. The molecule has 1 heterocycles. The van der Waals surface area contributed by atoms with E-state index in [1.54, 1.807) is 0 Å². The Hall–Kier alpha value is -0.120. The minimum absolute atomic E-state index is 0.420. The molecule has 0 aromatic carbocycles. The van der Waals surface area contributed by atoms with Gasteiger partial charge in [-0.15, -0.1) is 0 Å². The van der Waals surface area contributed by atoms with E-state index >= 15 is 0 Å². The van der Waals surface area contributed by atoms with Crippen LogP contribution < -0.4 is 10.6 Å². The minimum Gasteiger partial charge on any atom is -0.378 e. The summed E-state index contributed by atoms with van der Waals surface area (Å²) >= 11 is 0. The Balaban J connectivity index is 1.64. The lowest BCUT2D eigenvalue weighted by Gasteiger charge is -2.37. The van der Waals surface area contributed by atoms with Gasteiger partial charge in [0.05, 0.1) is 6.10 Å². The molecule has 0 amide bonds. The summed E-state index contributed by atoms with van der Waals surface area (Å²) in [6, 6.07) is 0. The highest BCUT2D eigenvalue weighted by Crippen LogP contribution is 2.30. The van der Waals surface area contributed by atoms with Crippen molar-refractivity contribution in [1.29, 1.82) is 0 Å². The van der Waals surface area contributed by atoms with Crippen LogP contribution in [0.3, 0.4) is 0 Å². The van der Waals surface area contributed by atoms with Crippen molar-refractivity contribution in [3.63, 3.8) is 0 Å². The molecule has 0 spiro atoms. The molecule has 0 aromatic heterocycles. The second kappa shape index (κ2) is 6.88. The summed E-state index contributed by atoms with van der Waals surface area (Å²) in [5.41, 5.74) is 0.420. The first-order chi connectivity index (χ1) is 8.76. The molecule has 0 aromatic rings. The summed E-state index contributed by atoms with van der Waals surface area (Å²) in [6.07, 6.45) is 9.88. The quantitative estimate of drug-likeness (QED) is 0.714. The topological polar surface area (TPSA) is 33.3 Å². The zero-order valence-electron chi connectivity index (χ0n) is 12.1. The Kier molecular flexibility index (Phi) is 5.46. The first-order valence-corrected chi connectivity index (χ1v) is 7.77. The van der Waals surface area contributed by atoms with Gasteiger partial charge >= 0.3 is 0 Å². The van der Waals surface area contributed by atoms with Crippen molar-refractivity contribution in [2.24, 2.45) is 5.92 Å². The van der Waals surface area contributed by atoms with Gasteiger partial charge in [-0.2, -0.15) is 0 Å². The van der Waals surface area contributed by atoms with Gasteiger partial charge in [0.1, 0.15) is 0 Å². The third kappa shape index (κ3) is 3.69. The third-order valence-corrected chi connectivity index (χ3v) is 5.06. The maximum Gasteiger partial charge on any atom is 0.0588 e. The van der Waals surface area contributed by atoms with E-state index in [1.807, 2.05) is 0 Å². The highest BCUT2D eigenvalue weighted by molar-refractivity contribution is 4.90. The predicted octanol–water partition coefficient (Wildman–Crippen LogP) is 2.31. The fourth-order valence-corrected chi connectivity index (χ4v) is 3.51. The number of ether oxygens (including phenoxy) is 1. The van der Waals surface area contributed by atoms with E-state index in [4.69, 9.17) is 4.74 Å². The van der Waals surface area contributed by atoms with E-state index < -0.39 is 0 Å². The summed E-state index contributed by atoms with van der Waals surface area (Å²) in [5, 5.41) is 7.23. The van der Waals surface area contributed by atoms with Gasteiger partial charge in [0, 0.05) is 18.7 Å². The highest BCUT2D eigenvalue weighted by Gasteiger charge is 2.29. The molecule has 2 atom stereocenters. The maximum absolute atomic E-state index is 5.60. The summed E-state index contributed by atoms with van der Waals surface area (Å²) < 4.78 is 5.60. The normalized spacial score (nSPS) is 31.7. The van der Waals surface area contributed by atoms with Gasteiger partial charge in [-0.3, -0.25) is 0 Å². The average Bonchev–Trinajstić information content (AvgIpc) is 2.82. The second-order valence-corrected chi connectivity index (χ2v) is 6.17. The second-order valence-electron chi connectivity index (χ2n) is 6.17. The monoisotopic (exact) mass is 254 g/mol. The van der Waals surface area contributed by atoms with Gasteiger partial charge in [-0.05, 0) is 52.1 Å². The summed E-state index contributed by atoms with van der Waals surface area (Å²) in [6.45, 7) is 5.43. The molecule has 2 unspecified atom stereocenters. The Morgan fingerprint density at radius 3 is 2.61 bits per heavy atom. The van der Waals surface area contributed by atoms with Crippen LogP contribution in [0.25, 0.3) is 0 Å². The van der Waals surface area contributed by atoms with Crippen molar-refractivity contribution >= 4 is 0 Å². The lowest BCUT2D eigenvalue weighted by atomic mass is 9.79. The van der Waals surface area contributed by atoms with Crippen molar-refractivity contribution in [2.75, 3.05) is 26.7 Å². The van der Waals surface area contributed by atoms with E-state index in [9.17, 15) is 0 Å². The van der Waals surface area contributed by atoms with E-state index in [-0.39, 0.29) is 0 Å². The van der Waals surface area contributed by atoms with Crippen molar-refractivity contribution in [3.8, 4) is 0 Å². The first-order valence-electron chi connectivity index (χ1n) is 7.77. The van der Waals surface area contributed by atoms with Crippen LogP contribution in [0.1, 0.15) is 51.9 Å². The van der Waals surface area contributed by atoms with Crippen LogP contribution >= 0.6 is 0 Å². The molecule has 2 fully saturated rings. The van der Waals surface area contributed by atoms with Crippen molar-refractivity contribution in [3.05, 3.63) is 0 Å². The predicted molar refractivity (Wildman–Crippen MR) is 75.9 cm³/mol. The molecule has 1 saturated carbocycles. The summed E-state index contributed by atoms with van der Waals surface area (Å²) in [4.78, 5) is 0. The standard InChI is InChI=1S/C15H30N2O/c1-13-14(6-11-18-13)12-17-10-9-15(16-2)7-4-3-5-8-15/h13-14,16-17H,3-12H2,1-2H3. The molecule has 3 nitrogen and oxygen atoms in total. The van der Waals surface area contributed by atoms with Crippen molar-refractivity contribution in [2.45, 2.75) is 63.5 Å². The number of hydrogen-bond donors (Lipinski definition) is 2. The van der Waals surface area contributed by atoms with Crippen LogP contribution in [-0.2, 0) is 4.74 Å². The van der Waals surface area contributed by atoms with E-state index in [0.717, 1.165) is 25.6 Å². The summed E-state index contributed by atoms with van der Waals surface area (Å²) in [5.74, 6) is 0.724. The molecule has 2 aliphatic rings. The van der Waals surface area contributed by atoms with Crippen LogP contribution in [-0.4, -0.2) is 38.4 Å². The molecule has 1 aliphatic heterocycles. The van der Waals surface area contributed by atoms with Gasteiger partial charge < -0.3 is 15.4 Å². The Labute approximate surface area is 112 Å². The molecule has 106 valence electrons. The smallest absolute Gasteiger partial charge is 0.0588 e. The number of rotatable bonds is 6. The molecule has 1 aliphatic carbocycles. The van der Waals surface area contributed by atoms with E-state index in [2.05, 4.69) is 24.6 Å². The van der Waals surface area contributed by atoms with Crippen LogP contribution in [0.4, 0.5) is 0 Å². The summed E-state index contributed by atoms with van der Waals surface area (Å²) in [7, 11) is 2.14. The van der Waals surface area contributed by atoms with E-state index in [1.165, 1.54) is 44.9 Å². The third-order valence-electron chi connectivity index (χ3n) is 5.06. The fourth-order valence-electron chi connectivity index (χ4n) is 3.51. The minimum atomic E-state index is 0.420. The van der Waals surface area contributed by atoms with Crippen molar-refractivity contribution in [1.82, 2.24) is 10.6 Å². The van der Waals surface area contributed by atoms with Crippen LogP contribution in [0.5, 0.6) is 0 Å². The molecule has 2 rings (SSSR count). The molecular formula is C15H30N2O. The molecule has 3 heteroatoms. The lowest BCUT2D eigenvalue weighted by Crippen LogP contribution is -2.46. The Morgan fingerprint density at radius 2 is 2.00 bits per heavy atom. The number of nitrogens with one attached hydrogen (secondary N) is 2. The molecular weight excluding hydrogens is 224 g/mol. The SMILES string of the molecule is CNC1(CCNCC2CCOC2C)CCCCC1. The van der Waals surface area contributed by atoms with Gasteiger partial charge in [-0.1, -0.05) is 19.3 Å². The first kappa shape index (κ1) is 14.3. The van der Waals surface area contributed by atoms with Gasteiger partial charge in [0.15, 0.2) is 0 Å². The van der Waals surface area contributed by atoms with Crippen LogP contribution in [0.2, 0.25) is 0 Å². The van der Waals surface area contributed by atoms with Gasteiger partial charge in [-0.25, -0.2) is 0 Å². The van der Waals surface area contributed by atoms with Crippen LogP contribution in [0.15, 0.2) is 0 Å². The molecule has 1 saturated heterocycles. The molecule has 18 heavy (non-hydrogen) atoms. The number of hydrogen-bond acceptors (Lipinski definition) is 3. The Morgan fingerprint density at radius 1 is 1.22 bits per heavy atom. The highest BCUT2D eigenvalue weighted by atomic mass is 16.5. The zero-order chi connectivity index (χ0) is 12.8. The maximum atomic E-state index is 5.60. The lowest BCUT2D eigenvalue weighted by molar-refractivity contribution is 0.105. The largest absolute Gasteiger partial charge is 0.378 e. The molecule has 0 radical (unpaired) electrons. The Bertz CT molecular complexity index is 239. The average molecular weight is 254 g/mol. The fraction of sp³-hybridized carbons (Fsp3) is 1.00. The van der Waals surface area contributed by atoms with Crippen molar-refractivity contribution < 1.29 is 4.74 Å².